The van der Waals surface area contributed by atoms with Crippen LogP contribution in [-0.4, -0.2) is 11.2 Å². The van der Waals surface area contributed by atoms with Crippen molar-refractivity contribution < 1.29 is 9.50 Å². The van der Waals surface area contributed by atoms with Gasteiger partial charge in [-0.25, -0.2) is 4.39 Å². The van der Waals surface area contributed by atoms with E-state index in [0.717, 1.165) is 12.0 Å². The van der Waals surface area contributed by atoms with Gasteiger partial charge in [0, 0.05) is 5.41 Å². The van der Waals surface area contributed by atoms with E-state index in [1.165, 1.54) is 12.1 Å². The van der Waals surface area contributed by atoms with Crippen LogP contribution in [0.1, 0.15) is 39.7 Å². The molecule has 0 saturated carbocycles. The molecule has 1 aromatic rings. The Balaban J connectivity index is 2.96. The highest BCUT2D eigenvalue weighted by atomic mass is 19.1. The Labute approximate surface area is 97.3 Å². The van der Waals surface area contributed by atoms with Crippen LogP contribution in [0, 0.1) is 11.7 Å². The molecule has 0 radical (unpaired) electrons. The molecule has 0 bridgehead atoms. The summed E-state index contributed by atoms with van der Waals surface area (Å²) < 4.78 is 12.8. The molecule has 0 aliphatic rings. The summed E-state index contributed by atoms with van der Waals surface area (Å²) in [6.45, 7) is 8.10. The summed E-state index contributed by atoms with van der Waals surface area (Å²) in [6.07, 6.45) is 0.522. The zero-order chi connectivity index (χ0) is 12.3. The molecular weight excluding hydrogens is 203 g/mol. The number of hydrogen-bond donors (Lipinski definition) is 1. The van der Waals surface area contributed by atoms with Crippen molar-refractivity contribution in [3.05, 3.63) is 35.6 Å². The predicted molar refractivity (Wildman–Crippen MR) is 64.9 cm³/mol. The Hall–Kier alpha value is -0.890. The average molecular weight is 224 g/mol. The molecule has 0 saturated heterocycles. The van der Waals surface area contributed by atoms with E-state index in [4.69, 9.17) is 0 Å². The third-order valence-corrected chi connectivity index (χ3v) is 3.51. The van der Waals surface area contributed by atoms with Gasteiger partial charge in [-0.15, -0.1) is 0 Å². The number of rotatable bonds is 4. The first-order valence-electron chi connectivity index (χ1n) is 5.83. The van der Waals surface area contributed by atoms with Gasteiger partial charge in [0.25, 0.3) is 0 Å². The van der Waals surface area contributed by atoms with Crippen LogP contribution in [0.5, 0.6) is 0 Å². The van der Waals surface area contributed by atoms with Crippen molar-refractivity contribution in [3.63, 3.8) is 0 Å². The van der Waals surface area contributed by atoms with E-state index in [1.54, 1.807) is 12.1 Å². The Kier molecular flexibility index (Phi) is 4.09. The van der Waals surface area contributed by atoms with Crippen LogP contribution in [0.15, 0.2) is 24.3 Å². The fourth-order valence-corrected chi connectivity index (χ4v) is 1.98. The van der Waals surface area contributed by atoms with Crippen LogP contribution in [0.2, 0.25) is 0 Å². The number of benzene rings is 1. The van der Waals surface area contributed by atoms with Crippen molar-refractivity contribution in [2.75, 3.05) is 0 Å². The second-order valence-electron chi connectivity index (χ2n) is 5.06. The summed E-state index contributed by atoms with van der Waals surface area (Å²) in [5, 5.41) is 10.3. The summed E-state index contributed by atoms with van der Waals surface area (Å²) in [5.74, 6) is -0.00219. The van der Waals surface area contributed by atoms with Gasteiger partial charge in [-0.1, -0.05) is 46.2 Å². The van der Waals surface area contributed by atoms with Crippen molar-refractivity contribution in [1.82, 2.24) is 0 Å². The van der Waals surface area contributed by atoms with E-state index in [1.807, 2.05) is 20.8 Å². The van der Waals surface area contributed by atoms with Crippen LogP contribution >= 0.6 is 0 Å². The lowest BCUT2D eigenvalue weighted by Gasteiger charge is -2.34. The molecule has 2 atom stereocenters. The van der Waals surface area contributed by atoms with Crippen LogP contribution in [0.4, 0.5) is 4.39 Å². The average Bonchev–Trinajstić information content (AvgIpc) is 2.27. The molecule has 16 heavy (non-hydrogen) atoms. The lowest BCUT2D eigenvalue weighted by molar-refractivity contribution is 0.0487. The first kappa shape index (κ1) is 13.2. The molecule has 0 aliphatic heterocycles. The molecule has 0 fully saturated rings. The van der Waals surface area contributed by atoms with Gasteiger partial charge in [0.2, 0.25) is 0 Å². The molecule has 1 rings (SSSR count). The Morgan fingerprint density at radius 1 is 1.25 bits per heavy atom. The maximum atomic E-state index is 12.8. The molecule has 1 aromatic carbocycles. The molecule has 1 nitrogen and oxygen atoms in total. The molecule has 1 N–H and O–H groups in total. The van der Waals surface area contributed by atoms with Gasteiger partial charge in [-0.05, 0) is 23.6 Å². The molecule has 90 valence electrons. The Morgan fingerprint density at radius 3 is 2.19 bits per heavy atom. The smallest absolute Gasteiger partial charge is 0.123 e. The van der Waals surface area contributed by atoms with Crippen LogP contribution in [0.3, 0.4) is 0 Å². The van der Waals surface area contributed by atoms with Crippen LogP contribution in [0.25, 0.3) is 0 Å². The molecule has 0 spiro atoms. The maximum absolute atomic E-state index is 12.8. The number of aliphatic hydroxyl groups excluding tert-OH is 1. The van der Waals surface area contributed by atoms with Gasteiger partial charge in [0.15, 0.2) is 0 Å². The van der Waals surface area contributed by atoms with Crippen LogP contribution in [-0.2, 0) is 5.41 Å². The molecular formula is C14H21FO. The maximum Gasteiger partial charge on any atom is 0.123 e. The van der Waals surface area contributed by atoms with Crippen molar-refractivity contribution in [2.45, 2.75) is 45.6 Å². The Morgan fingerprint density at radius 2 is 1.75 bits per heavy atom. The molecule has 0 aromatic heterocycles. The van der Waals surface area contributed by atoms with E-state index in [-0.39, 0.29) is 17.2 Å². The first-order valence-corrected chi connectivity index (χ1v) is 5.83. The quantitative estimate of drug-likeness (QED) is 0.829. The topological polar surface area (TPSA) is 20.2 Å². The van der Waals surface area contributed by atoms with Gasteiger partial charge in [-0.2, -0.15) is 0 Å². The standard InChI is InChI=1S/C14H21FO/c1-5-10(2)13(16)14(3,4)11-6-8-12(15)9-7-11/h6-10,13,16H,5H2,1-4H3. The van der Waals surface area contributed by atoms with Crippen molar-refractivity contribution in [1.29, 1.82) is 0 Å². The van der Waals surface area contributed by atoms with Crippen molar-refractivity contribution in [3.8, 4) is 0 Å². The number of aliphatic hydroxyl groups is 1. The van der Waals surface area contributed by atoms with E-state index < -0.39 is 6.10 Å². The lowest BCUT2D eigenvalue weighted by Crippen LogP contribution is -2.38. The minimum atomic E-state index is -0.414. The molecule has 2 heteroatoms. The number of hydrogen-bond acceptors (Lipinski definition) is 1. The van der Waals surface area contributed by atoms with Gasteiger partial charge < -0.3 is 5.11 Å². The largest absolute Gasteiger partial charge is 0.392 e. The van der Waals surface area contributed by atoms with Crippen molar-refractivity contribution >= 4 is 0 Å². The Bertz CT molecular complexity index is 329. The molecule has 0 aliphatic carbocycles. The van der Waals surface area contributed by atoms with Crippen LogP contribution < -0.4 is 0 Å². The van der Waals surface area contributed by atoms with Gasteiger partial charge >= 0.3 is 0 Å². The monoisotopic (exact) mass is 224 g/mol. The minimum Gasteiger partial charge on any atom is -0.392 e. The fraction of sp³-hybridized carbons (Fsp3) is 0.571. The summed E-state index contributed by atoms with van der Waals surface area (Å²) in [5.41, 5.74) is 0.630. The summed E-state index contributed by atoms with van der Waals surface area (Å²) in [6, 6.07) is 6.39. The molecule has 0 heterocycles. The third-order valence-electron chi connectivity index (χ3n) is 3.51. The fourth-order valence-electron chi connectivity index (χ4n) is 1.98. The normalized spacial score (nSPS) is 15.9. The highest BCUT2D eigenvalue weighted by molar-refractivity contribution is 5.25. The van der Waals surface area contributed by atoms with E-state index >= 15 is 0 Å². The van der Waals surface area contributed by atoms with E-state index in [9.17, 15) is 9.50 Å². The van der Waals surface area contributed by atoms with E-state index in [2.05, 4.69) is 6.92 Å². The summed E-state index contributed by atoms with van der Waals surface area (Å²) in [4.78, 5) is 0. The zero-order valence-corrected chi connectivity index (χ0v) is 10.5. The zero-order valence-electron chi connectivity index (χ0n) is 10.5. The lowest BCUT2D eigenvalue weighted by atomic mass is 9.74. The van der Waals surface area contributed by atoms with Gasteiger partial charge in [0.05, 0.1) is 6.10 Å². The number of halogens is 1. The first-order chi connectivity index (χ1) is 7.39. The predicted octanol–water partition coefficient (Wildman–Crippen LogP) is 3.51. The minimum absolute atomic E-state index is 0.236. The molecule has 2 unspecified atom stereocenters. The van der Waals surface area contributed by atoms with E-state index in [0.29, 0.717) is 0 Å². The van der Waals surface area contributed by atoms with Gasteiger partial charge in [0.1, 0.15) is 5.82 Å². The summed E-state index contributed by atoms with van der Waals surface area (Å²) in [7, 11) is 0. The highest BCUT2D eigenvalue weighted by Crippen LogP contribution is 2.32. The second kappa shape index (κ2) is 4.96. The SMILES string of the molecule is CCC(C)C(O)C(C)(C)c1ccc(F)cc1. The summed E-state index contributed by atoms with van der Waals surface area (Å²) >= 11 is 0. The highest BCUT2D eigenvalue weighted by Gasteiger charge is 2.32. The van der Waals surface area contributed by atoms with Crippen molar-refractivity contribution in [2.24, 2.45) is 5.92 Å². The molecule has 0 amide bonds. The third kappa shape index (κ3) is 2.62. The second-order valence-corrected chi connectivity index (χ2v) is 5.06. The van der Waals surface area contributed by atoms with Gasteiger partial charge in [-0.3, -0.25) is 0 Å².